The van der Waals surface area contributed by atoms with E-state index in [-0.39, 0.29) is 12.5 Å². The minimum atomic E-state index is -3.34. The molecule has 0 atom stereocenters. The Balaban J connectivity index is 1.49. The molecule has 1 amide bonds. The van der Waals surface area contributed by atoms with Crippen LogP contribution in [0.5, 0.6) is 0 Å². The molecule has 2 saturated heterocycles. The molecule has 146 valence electrons. The summed E-state index contributed by atoms with van der Waals surface area (Å²) in [5.41, 5.74) is 1.52. The van der Waals surface area contributed by atoms with Crippen LogP contribution < -0.4 is 5.32 Å². The Hall–Kier alpha value is -1.49. The van der Waals surface area contributed by atoms with Crippen LogP contribution in [0.3, 0.4) is 0 Å². The highest BCUT2D eigenvalue weighted by molar-refractivity contribution is 7.86. The van der Waals surface area contributed by atoms with Gasteiger partial charge in [0.15, 0.2) is 0 Å². The topological polar surface area (TPSA) is 90.8 Å². The van der Waals surface area contributed by atoms with Crippen molar-refractivity contribution >= 4 is 21.8 Å². The first-order valence-corrected chi connectivity index (χ1v) is 10.6. The van der Waals surface area contributed by atoms with Gasteiger partial charge in [0, 0.05) is 52.0 Å². The molecule has 9 nitrogen and oxygen atoms in total. The number of hydrogen-bond acceptors (Lipinski definition) is 5. The quantitative estimate of drug-likeness (QED) is 0.752. The second kappa shape index (κ2) is 8.03. The van der Waals surface area contributed by atoms with Gasteiger partial charge >= 0.3 is 0 Å². The molecule has 0 bridgehead atoms. The van der Waals surface area contributed by atoms with E-state index in [0.717, 1.165) is 30.8 Å². The third-order valence-electron chi connectivity index (χ3n) is 4.96. The van der Waals surface area contributed by atoms with E-state index in [1.165, 1.54) is 0 Å². The molecule has 0 aliphatic carbocycles. The number of carbonyl (C=O) groups is 1. The minimum absolute atomic E-state index is 0.0976. The molecule has 1 N–H and O–H groups in total. The predicted octanol–water partition coefficient (Wildman–Crippen LogP) is 0.108. The number of aryl methyl sites for hydroxylation is 2. The van der Waals surface area contributed by atoms with E-state index in [1.807, 2.05) is 24.9 Å². The Morgan fingerprint density at radius 3 is 2.31 bits per heavy atom. The lowest BCUT2D eigenvalue weighted by Gasteiger charge is -2.35. The van der Waals surface area contributed by atoms with Gasteiger partial charge < -0.3 is 5.32 Å². The van der Waals surface area contributed by atoms with Gasteiger partial charge in [-0.1, -0.05) is 0 Å². The fraction of sp³-hybridized carbons (Fsp3) is 0.750. The molecule has 2 aliphatic rings. The lowest BCUT2D eigenvalue weighted by atomic mass is 10.3. The molecule has 3 rings (SSSR count). The Bertz CT molecular complexity index is 733. The predicted molar refractivity (Wildman–Crippen MR) is 99.0 cm³/mol. The van der Waals surface area contributed by atoms with E-state index in [4.69, 9.17) is 0 Å². The van der Waals surface area contributed by atoms with Crippen molar-refractivity contribution < 1.29 is 13.2 Å². The average Bonchev–Trinajstić information content (AvgIpc) is 3.26. The van der Waals surface area contributed by atoms with Crippen LogP contribution in [0.25, 0.3) is 0 Å². The zero-order valence-corrected chi connectivity index (χ0v) is 16.3. The zero-order chi connectivity index (χ0) is 18.7. The largest absolute Gasteiger partial charge is 0.322 e. The van der Waals surface area contributed by atoms with Crippen molar-refractivity contribution in [1.82, 2.24) is 23.3 Å². The number of rotatable bonds is 6. The highest BCUT2D eigenvalue weighted by atomic mass is 32.2. The summed E-state index contributed by atoms with van der Waals surface area (Å²) in [6.07, 6.45) is 3.70. The minimum Gasteiger partial charge on any atom is -0.322 e. The fourth-order valence-corrected chi connectivity index (χ4v) is 5.07. The van der Waals surface area contributed by atoms with Crippen LogP contribution in [0.1, 0.15) is 25.5 Å². The first-order chi connectivity index (χ1) is 12.4. The number of nitrogens with zero attached hydrogens (tertiary/aromatic N) is 5. The number of aromatic nitrogens is 2. The van der Waals surface area contributed by atoms with E-state index < -0.39 is 10.2 Å². The highest BCUT2D eigenvalue weighted by Gasteiger charge is 2.33. The number of amides is 1. The fourth-order valence-electron chi connectivity index (χ4n) is 3.40. The van der Waals surface area contributed by atoms with Gasteiger partial charge in [0.2, 0.25) is 5.91 Å². The van der Waals surface area contributed by atoms with E-state index >= 15 is 0 Å². The number of anilines is 1. The second-order valence-electron chi connectivity index (χ2n) is 6.82. The number of carbonyl (C=O) groups excluding carboxylic acids is 1. The molecule has 1 aromatic heterocycles. The molecule has 0 spiro atoms. The average molecular weight is 385 g/mol. The van der Waals surface area contributed by atoms with E-state index in [1.54, 1.807) is 13.3 Å². The Morgan fingerprint density at radius 2 is 1.73 bits per heavy atom. The molecule has 0 aromatic carbocycles. The van der Waals surface area contributed by atoms with Crippen LogP contribution in [-0.2, 0) is 21.5 Å². The van der Waals surface area contributed by atoms with Gasteiger partial charge in [0.05, 0.1) is 17.9 Å². The Morgan fingerprint density at radius 1 is 1.12 bits per heavy atom. The van der Waals surface area contributed by atoms with Gasteiger partial charge in [0.25, 0.3) is 10.2 Å². The number of hydrogen-bond donors (Lipinski definition) is 1. The van der Waals surface area contributed by atoms with Crippen molar-refractivity contribution in [2.75, 3.05) is 51.1 Å². The molecule has 2 aliphatic heterocycles. The van der Waals surface area contributed by atoms with Crippen LogP contribution in [0.4, 0.5) is 5.69 Å². The molecular formula is C16H28N6O3S. The summed E-state index contributed by atoms with van der Waals surface area (Å²) in [5.74, 6) is -0.0976. The van der Waals surface area contributed by atoms with Crippen molar-refractivity contribution in [3.05, 3.63) is 11.9 Å². The molecule has 10 heteroatoms. The first kappa shape index (κ1) is 19.3. The van der Waals surface area contributed by atoms with Gasteiger partial charge in [-0.3, -0.25) is 14.4 Å². The SMILES string of the molecule is CCn1cc(NC(=O)CN2CCN(S(=O)(=O)N3CCCC3)CC2)c(C)n1. The van der Waals surface area contributed by atoms with Gasteiger partial charge in [-0.05, 0) is 26.7 Å². The van der Waals surface area contributed by atoms with Gasteiger partial charge in [0.1, 0.15) is 0 Å². The molecular weight excluding hydrogens is 356 g/mol. The third kappa shape index (κ3) is 4.25. The van der Waals surface area contributed by atoms with Crippen LogP contribution in [-0.4, -0.2) is 83.4 Å². The molecule has 0 radical (unpaired) electrons. The first-order valence-electron chi connectivity index (χ1n) is 9.21. The lowest BCUT2D eigenvalue weighted by molar-refractivity contribution is -0.117. The third-order valence-corrected chi connectivity index (χ3v) is 7.00. The molecule has 1 aromatic rings. The van der Waals surface area contributed by atoms with Crippen LogP contribution >= 0.6 is 0 Å². The van der Waals surface area contributed by atoms with Crippen molar-refractivity contribution in [3.63, 3.8) is 0 Å². The second-order valence-corrected chi connectivity index (χ2v) is 8.75. The maximum absolute atomic E-state index is 12.6. The van der Waals surface area contributed by atoms with Crippen LogP contribution in [0.2, 0.25) is 0 Å². The summed E-state index contributed by atoms with van der Waals surface area (Å²) in [7, 11) is -3.34. The molecule has 26 heavy (non-hydrogen) atoms. The van der Waals surface area contributed by atoms with Crippen LogP contribution in [0, 0.1) is 6.92 Å². The maximum Gasteiger partial charge on any atom is 0.282 e. The van der Waals surface area contributed by atoms with E-state index in [0.29, 0.717) is 39.3 Å². The van der Waals surface area contributed by atoms with Crippen molar-refractivity contribution in [2.24, 2.45) is 0 Å². The van der Waals surface area contributed by atoms with E-state index in [9.17, 15) is 13.2 Å². The summed E-state index contributed by atoms with van der Waals surface area (Å²) in [4.78, 5) is 14.3. The van der Waals surface area contributed by atoms with Crippen molar-refractivity contribution in [3.8, 4) is 0 Å². The van der Waals surface area contributed by atoms with Crippen molar-refractivity contribution in [2.45, 2.75) is 33.2 Å². The van der Waals surface area contributed by atoms with Crippen LogP contribution in [0.15, 0.2) is 6.20 Å². The Kier molecular flexibility index (Phi) is 5.96. The molecule has 0 saturated carbocycles. The summed E-state index contributed by atoms with van der Waals surface area (Å²) in [5, 5.41) is 7.21. The van der Waals surface area contributed by atoms with Gasteiger partial charge in [-0.2, -0.15) is 22.1 Å². The summed E-state index contributed by atoms with van der Waals surface area (Å²) in [6.45, 7) is 8.10. The smallest absolute Gasteiger partial charge is 0.282 e. The highest BCUT2D eigenvalue weighted by Crippen LogP contribution is 2.18. The summed E-state index contributed by atoms with van der Waals surface area (Å²) < 4.78 is 30.0. The van der Waals surface area contributed by atoms with E-state index in [2.05, 4.69) is 10.4 Å². The Labute approximate surface area is 155 Å². The normalized spacial score (nSPS) is 20.5. The monoisotopic (exact) mass is 384 g/mol. The number of piperazine rings is 1. The molecule has 0 unspecified atom stereocenters. The summed E-state index contributed by atoms with van der Waals surface area (Å²) >= 11 is 0. The van der Waals surface area contributed by atoms with Crippen molar-refractivity contribution in [1.29, 1.82) is 0 Å². The number of nitrogens with one attached hydrogen (secondary N) is 1. The van der Waals surface area contributed by atoms with Gasteiger partial charge in [-0.15, -0.1) is 0 Å². The zero-order valence-electron chi connectivity index (χ0n) is 15.5. The maximum atomic E-state index is 12.6. The lowest BCUT2D eigenvalue weighted by Crippen LogP contribution is -2.53. The standard InChI is InChI=1S/C16H28N6O3S/c1-3-20-12-15(14(2)18-20)17-16(23)13-19-8-10-22(11-9-19)26(24,25)21-6-4-5-7-21/h12H,3-11,13H2,1-2H3,(H,17,23). The molecule has 3 heterocycles. The molecule has 2 fully saturated rings. The van der Waals surface area contributed by atoms with Gasteiger partial charge in [-0.25, -0.2) is 0 Å². The summed E-state index contributed by atoms with van der Waals surface area (Å²) in [6, 6.07) is 0.